The van der Waals surface area contributed by atoms with Crippen molar-refractivity contribution >= 4 is 17.9 Å². The molecule has 0 amide bonds. The number of allylic oxidation sites excluding steroid dienone is 6. The molecule has 380 valence electrons. The van der Waals surface area contributed by atoms with Crippen molar-refractivity contribution < 1.29 is 28.6 Å². The summed E-state index contributed by atoms with van der Waals surface area (Å²) in [4.78, 5) is 38.1. The van der Waals surface area contributed by atoms with Crippen LogP contribution in [0.5, 0.6) is 0 Å². The number of esters is 3. The van der Waals surface area contributed by atoms with Crippen LogP contribution in [0.3, 0.4) is 0 Å². The van der Waals surface area contributed by atoms with Gasteiger partial charge in [-0.15, -0.1) is 0 Å². The van der Waals surface area contributed by atoms with Gasteiger partial charge >= 0.3 is 17.9 Å². The molecule has 0 aromatic rings. The predicted octanol–water partition coefficient (Wildman–Crippen LogP) is 18.9. The van der Waals surface area contributed by atoms with Crippen molar-refractivity contribution in [3.63, 3.8) is 0 Å². The average molecular weight is 914 g/mol. The van der Waals surface area contributed by atoms with E-state index in [1.807, 2.05) is 0 Å². The molecule has 0 saturated heterocycles. The normalized spacial score (nSPS) is 12.2. The van der Waals surface area contributed by atoms with Crippen LogP contribution in [-0.2, 0) is 28.6 Å². The molecule has 6 heteroatoms. The zero-order chi connectivity index (χ0) is 47.2. The second-order valence-electron chi connectivity index (χ2n) is 19.2. The third-order valence-corrected chi connectivity index (χ3v) is 12.6. The highest BCUT2D eigenvalue weighted by molar-refractivity contribution is 5.71. The number of carbonyl (C=O) groups excluding carboxylic acids is 3. The third kappa shape index (κ3) is 52.5. The van der Waals surface area contributed by atoms with E-state index in [0.29, 0.717) is 19.3 Å². The van der Waals surface area contributed by atoms with E-state index in [-0.39, 0.29) is 31.1 Å². The van der Waals surface area contributed by atoms with Crippen LogP contribution in [0.2, 0.25) is 0 Å². The van der Waals surface area contributed by atoms with Crippen molar-refractivity contribution in [2.24, 2.45) is 0 Å². The fourth-order valence-electron chi connectivity index (χ4n) is 8.29. The summed E-state index contributed by atoms with van der Waals surface area (Å²) in [5, 5.41) is 0. The van der Waals surface area contributed by atoms with Gasteiger partial charge in [0.15, 0.2) is 6.10 Å². The minimum atomic E-state index is -0.775. The molecule has 0 unspecified atom stereocenters. The lowest BCUT2D eigenvalue weighted by Gasteiger charge is -2.18. The quantitative estimate of drug-likeness (QED) is 0.0262. The van der Waals surface area contributed by atoms with E-state index < -0.39 is 6.10 Å². The molecule has 0 radical (unpaired) electrons. The highest BCUT2D eigenvalue weighted by Gasteiger charge is 2.19. The van der Waals surface area contributed by atoms with E-state index in [2.05, 4.69) is 57.2 Å². The summed E-state index contributed by atoms with van der Waals surface area (Å²) in [5.74, 6) is -0.870. The fourth-order valence-corrected chi connectivity index (χ4v) is 8.29. The summed E-state index contributed by atoms with van der Waals surface area (Å²) >= 11 is 0. The highest BCUT2D eigenvalue weighted by Crippen LogP contribution is 2.16. The summed E-state index contributed by atoms with van der Waals surface area (Å²) in [6, 6.07) is 0. The van der Waals surface area contributed by atoms with Gasteiger partial charge in [0, 0.05) is 19.3 Å². The number of carbonyl (C=O) groups is 3. The summed E-state index contributed by atoms with van der Waals surface area (Å²) in [5.41, 5.74) is 0. The average Bonchev–Trinajstić information content (AvgIpc) is 3.30. The van der Waals surface area contributed by atoms with Gasteiger partial charge in [0.05, 0.1) is 0 Å². The first-order valence-corrected chi connectivity index (χ1v) is 28.5. The Morgan fingerprint density at radius 3 is 0.892 bits per heavy atom. The third-order valence-electron chi connectivity index (χ3n) is 12.6. The van der Waals surface area contributed by atoms with Crippen LogP contribution in [0.4, 0.5) is 0 Å². The first kappa shape index (κ1) is 62.6. The summed E-state index contributed by atoms with van der Waals surface area (Å²) < 4.78 is 16.9. The van der Waals surface area contributed by atoms with E-state index >= 15 is 0 Å². The molecule has 0 heterocycles. The molecule has 0 aliphatic heterocycles. The molecular formula is C59H108O6. The van der Waals surface area contributed by atoms with Crippen molar-refractivity contribution in [3.8, 4) is 0 Å². The van der Waals surface area contributed by atoms with Gasteiger partial charge in [-0.1, -0.05) is 243 Å². The van der Waals surface area contributed by atoms with Gasteiger partial charge in [0.1, 0.15) is 13.2 Å². The maximum Gasteiger partial charge on any atom is 0.306 e. The monoisotopic (exact) mass is 913 g/mol. The highest BCUT2D eigenvalue weighted by atomic mass is 16.6. The Bertz CT molecular complexity index is 1090. The zero-order valence-corrected chi connectivity index (χ0v) is 43.5. The van der Waals surface area contributed by atoms with Crippen LogP contribution in [0.15, 0.2) is 36.5 Å². The van der Waals surface area contributed by atoms with Gasteiger partial charge in [-0.25, -0.2) is 0 Å². The first-order valence-electron chi connectivity index (χ1n) is 28.5. The lowest BCUT2D eigenvalue weighted by atomic mass is 10.0. The van der Waals surface area contributed by atoms with Crippen molar-refractivity contribution in [3.05, 3.63) is 36.5 Å². The molecule has 1 atom stereocenters. The Hall–Kier alpha value is -2.37. The SMILES string of the molecule is CCCCC/C=C\C/C=C\CCCCCCCCCC(=O)O[C@H](COC(=O)CCCCCCCCC/C=C\CCCCCCCC)COC(=O)CCCCCCCCCCCCCCC. The Morgan fingerprint density at radius 2 is 0.554 bits per heavy atom. The predicted molar refractivity (Wildman–Crippen MR) is 279 cm³/mol. The Balaban J connectivity index is 4.36. The molecule has 6 nitrogen and oxygen atoms in total. The standard InChI is InChI=1S/C59H108O6/c1-4-7-10-13-16-19-22-25-27-29-31-34-37-40-43-46-49-52-58(61)64-55-56(54-63-57(60)51-48-45-42-39-36-33-24-21-18-15-12-9-6-3)65-59(62)53-50-47-44-41-38-35-32-30-28-26-23-20-17-14-11-8-5-2/h17,20,25-28,56H,4-16,18-19,21-24,29-55H2,1-3H3/b20-17-,27-25-,28-26-/t56-/m0/s1. The molecule has 0 aliphatic rings. The summed E-state index contributed by atoms with van der Waals surface area (Å²) in [6.45, 7) is 6.63. The van der Waals surface area contributed by atoms with Crippen molar-refractivity contribution in [1.82, 2.24) is 0 Å². The number of ether oxygens (including phenoxy) is 3. The minimum absolute atomic E-state index is 0.0733. The van der Waals surface area contributed by atoms with Gasteiger partial charge in [0.2, 0.25) is 0 Å². The molecule has 0 fully saturated rings. The molecule has 0 saturated carbocycles. The van der Waals surface area contributed by atoms with E-state index in [1.165, 1.54) is 193 Å². The maximum absolute atomic E-state index is 12.8. The fraction of sp³-hybridized carbons (Fsp3) is 0.847. The van der Waals surface area contributed by atoms with Crippen LogP contribution in [0.1, 0.15) is 303 Å². The van der Waals surface area contributed by atoms with E-state index in [1.54, 1.807) is 0 Å². The lowest BCUT2D eigenvalue weighted by molar-refractivity contribution is -0.167. The van der Waals surface area contributed by atoms with Crippen molar-refractivity contribution in [1.29, 1.82) is 0 Å². The Morgan fingerprint density at radius 1 is 0.308 bits per heavy atom. The van der Waals surface area contributed by atoms with Crippen molar-refractivity contribution in [2.75, 3.05) is 13.2 Å². The summed E-state index contributed by atoms with van der Waals surface area (Å²) in [7, 11) is 0. The van der Waals surface area contributed by atoms with E-state index in [4.69, 9.17) is 14.2 Å². The topological polar surface area (TPSA) is 78.9 Å². The van der Waals surface area contributed by atoms with Gasteiger partial charge < -0.3 is 14.2 Å². The second-order valence-corrected chi connectivity index (χ2v) is 19.2. The minimum Gasteiger partial charge on any atom is -0.462 e. The van der Waals surface area contributed by atoms with Crippen molar-refractivity contribution in [2.45, 2.75) is 309 Å². The molecule has 0 aromatic carbocycles. The molecular weight excluding hydrogens is 805 g/mol. The number of unbranched alkanes of at least 4 members (excludes halogenated alkanes) is 35. The van der Waals surface area contributed by atoms with Gasteiger partial charge in [-0.3, -0.25) is 14.4 Å². The molecule has 0 aliphatic carbocycles. The maximum atomic E-state index is 12.8. The molecule has 0 aromatic heterocycles. The number of hydrogen-bond donors (Lipinski definition) is 0. The summed E-state index contributed by atoms with van der Waals surface area (Å²) in [6.07, 6.45) is 64.1. The van der Waals surface area contributed by atoms with Gasteiger partial charge in [0.25, 0.3) is 0 Å². The number of hydrogen-bond acceptors (Lipinski definition) is 6. The lowest BCUT2D eigenvalue weighted by Crippen LogP contribution is -2.30. The van der Waals surface area contributed by atoms with Gasteiger partial charge in [-0.05, 0) is 77.0 Å². The van der Waals surface area contributed by atoms with Crippen LogP contribution in [-0.4, -0.2) is 37.2 Å². The smallest absolute Gasteiger partial charge is 0.306 e. The Labute approximate surface area is 404 Å². The molecule has 0 rings (SSSR count). The largest absolute Gasteiger partial charge is 0.462 e. The molecule has 0 spiro atoms. The second kappa shape index (κ2) is 54.2. The van der Waals surface area contributed by atoms with E-state index in [0.717, 1.165) is 70.6 Å². The van der Waals surface area contributed by atoms with Crippen LogP contribution in [0.25, 0.3) is 0 Å². The van der Waals surface area contributed by atoms with Crippen LogP contribution in [0, 0.1) is 0 Å². The van der Waals surface area contributed by atoms with Crippen LogP contribution >= 0.6 is 0 Å². The zero-order valence-electron chi connectivity index (χ0n) is 43.5. The van der Waals surface area contributed by atoms with E-state index in [9.17, 15) is 14.4 Å². The first-order chi connectivity index (χ1) is 32.0. The molecule has 0 bridgehead atoms. The number of rotatable bonds is 52. The van der Waals surface area contributed by atoms with Gasteiger partial charge in [-0.2, -0.15) is 0 Å². The van der Waals surface area contributed by atoms with Crippen LogP contribution < -0.4 is 0 Å². The molecule has 0 N–H and O–H groups in total. The molecule has 65 heavy (non-hydrogen) atoms. The Kier molecular flexibility index (Phi) is 52.3.